The SMILES string of the molecule is CC1(NCc2ccccc2/C(N)=N/O)CCOCC1. The summed E-state index contributed by atoms with van der Waals surface area (Å²) in [6, 6.07) is 7.69. The topological polar surface area (TPSA) is 79.9 Å². The zero-order chi connectivity index (χ0) is 13.7. The van der Waals surface area contributed by atoms with Crippen molar-refractivity contribution in [3.8, 4) is 0 Å². The van der Waals surface area contributed by atoms with Crippen LogP contribution in [-0.4, -0.2) is 29.8 Å². The predicted octanol–water partition coefficient (Wildman–Crippen LogP) is 1.44. The van der Waals surface area contributed by atoms with E-state index < -0.39 is 0 Å². The van der Waals surface area contributed by atoms with E-state index in [0.29, 0.717) is 6.54 Å². The highest BCUT2D eigenvalue weighted by Gasteiger charge is 2.26. The quantitative estimate of drug-likeness (QED) is 0.332. The van der Waals surface area contributed by atoms with Crippen LogP contribution in [0.25, 0.3) is 0 Å². The number of hydrogen-bond donors (Lipinski definition) is 3. The van der Waals surface area contributed by atoms with E-state index in [0.717, 1.165) is 37.2 Å². The fraction of sp³-hybridized carbons (Fsp3) is 0.500. The molecule has 1 aromatic carbocycles. The molecule has 0 aromatic heterocycles. The normalized spacial score (nSPS) is 19.3. The van der Waals surface area contributed by atoms with Gasteiger partial charge >= 0.3 is 0 Å². The third kappa shape index (κ3) is 3.45. The Hall–Kier alpha value is -1.59. The summed E-state index contributed by atoms with van der Waals surface area (Å²) in [7, 11) is 0. The molecule has 0 spiro atoms. The molecule has 0 saturated carbocycles. The molecule has 0 bridgehead atoms. The van der Waals surface area contributed by atoms with Gasteiger partial charge < -0.3 is 21.0 Å². The van der Waals surface area contributed by atoms with E-state index in [9.17, 15) is 0 Å². The number of hydrogen-bond acceptors (Lipinski definition) is 4. The van der Waals surface area contributed by atoms with Crippen molar-refractivity contribution < 1.29 is 9.94 Å². The van der Waals surface area contributed by atoms with Crippen LogP contribution < -0.4 is 11.1 Å². The molecular formula is C14H21N3O2. The average Bonchev–Trinajstić information content (AvgIpc) is 2.45. The number of benzene rings is 1. The molecule has 5 heteroatoms. The first-order chi connectivity index (χ1) is 9.14. The minimum atomic E-state index is 0.0937. The molecule has 0 radical (unpaired) electrons. The molecular weight excluding hydrogens is 242 g/mol. The first kappa shape index (κ1) is 13.8. The van der Waals surface area contributed by atoms with Crippen LogP contribution >= 0.6 is 0 Å². The molecule has 4 N–H and O–H groups in total. The molecule has 1 saturated heterocycles. The Labute approximate surface area is 113 Å². The lowest BCUT2D eigenvalue weighted by molar-refractivity contribution is 0.0446. The zero-order valence-corrected chi connectivity index (χ0v) is 11.2. The molecule has 0 amide bonds. The van der Waals surface area contributed by atoms with E-state index in [1.807, 2.05) is 24.3 Å². The minimum absolute atomic E-state index is 0.0937. The Kier molecular flexibility index (Phi) is 4.39. The number of nitrogens with one attached hydrogen (secondary N) is 1. The molecule has 1 aromatic rings. The summed E-state index contributed by atoms with van der Waals surface area (Å²) in [6.07, 6.45) is 2.00. The highest BCUT2D eigenvalue weighted by Crippen LogP contribution is 2.21. The lowest BCUT2D eigenvalue weighted by atomic mass is 9.92. The fourth-order valence-corrected chi connectivity index (χ4v) is 2.29. The van der Waals surface area contributed by atoms with Crippen molar-refractivity contribution in [3.05, 3.63) is 35.4 Å². The summed E-state index contributed by atoms with van der Waals surface area (Å²) in [6.45, 7) is 4.50. The van der Waals surface area contributed by atoms with Gasteiger partial charge in [0.05, 0.1) is 0 Å². The van der Waals surface area contributed by atoms with Gasteiger partial charge in [0.2, 0.25) is 0 Å². The number of rotatable bonds is 4. The molecule has 0 atom stereocenters. The van der Waals surface area contributed by atoms with Crippen LogP contribution in [0.1, 0.15) is 30.9 Å². The number of nitrogens with zero attached hydrogens (tertiary/aromatic N) is 1. The van der Waals surface area contributed by atoms with Gasteiger partial charge in [-0.05, 0) is 25.3 Å². The maximum absolute atomic E-state index is 8.81. The van der Waals surface area contributed by atoms with Gasteiger partial charge in [-0.15, -0.1) is 0 Å². The van der Waals surface area contributed by atoms with Crippen molar-refractivity contribution in [1.29, 1.82) is 0 Å². The van der Waals surface area contributed by atoms with Crippen LogP contribution in [0.2, 0.25) is 0 Å². The van der Waals surface area contributed by atoms with Crippen LogP contribution in [0.3, 0.4) is 0 Å². The summed E-state index contributed by atoms with van der Waals surface area (Å²) >= 11 is 0. The second kappa shape index (κ2) is 6.04. The zero-order valence-electron chi connectivity index (χ0n) is 11.2. The van der Waals surface area contributed by atoms with Crippen molar-refractivity contribution in [2.75, 3.05) is 13.2 Å². The van der Waals surface area contributed by atoms with Gasteiger partial charge in [-0.2, -0.15) is 0 Å². The molecule has 5 nitrogen and oxygen atoms in total. The summed E-state index contributed by atoms with van der Waals surface area (Å²) in [5.74, 6) is 0.148. The number of ether oxygens (including phenoxy) is 1. The molecule has 19 heavy (non-hydrogen) atoms. The van der Waals surface area contributed by atoms with E-state index in [-0.39, 0.29) is 11.4 Å². The fourth-order valence-electron chi connectivity index (χ4n) is 2.29. The van der Waals surface area contributed by atoms with Gasteiger partial charge in [-0.25, -0.2) is 0 Å². The van der Waals surface area contributed by atoms with E-state index in [4.69, 9.17) is 15.7 Å². The Bertz CT molecular complexity index is 454. The van der Waals surface area contributed by atoms with Crippen molar-refractivity contribution >= 4 is 5.84 Å². The number of nitrogens with two attached hydrogens (primary N) is 1. The van der Waals surface area contributed by atoms with E-state index in [2.05, 4.69) is 17.4 Å². The summed E-state index contributed by atoms with van der Waals surface area (Å²) in [4.78, 5) is 0. The van der Waals surface area contributed by atoms with E-state index in [1.165, 1.54) is 0 Å². The van der Waals surface area contributed by atoms with Crippen LogP contribution in [0.5, 0.6) is 0 Å². The molecule has 0 aliphatic carbocycles. The Morgan fingerprint density at radius 2 is 2.11 bits per heavy atom. The Balaban J connectivity index is 2.07. The van der Waals surface area contributed by atoms with Gasteiger partial charge in [0.1, 0.15) is 0 Å². The second-order valence-electron chi connectivity index (χ2n) is 5.17. The van der Waals surface area contributed by atoms with Crippen LogP contribution in [-0.2, 0) is 11.3 Å². The van der Waals surface area contributed by atoms with Crippen molar-refractivity contribution in [1.82, 2.24) is 5.32 Å². The lowest BCUT2D eigenvalue weighted by Crippen LogP contribution is -2.46. The third-order valence-electron chi connectivity index (χ3n) is 3.70. The van der Waals surface area contributed by atoms with Gasteiger partial charge in [0.25, 0.3) is 0 Å². The molecule has 1 aliphatic rings. The molecule has 1 aliphatic heterocycles. The highest BCUT2D eigenvalue weighted by molar-refractivity contribution is 5.98. The van der Waals surface area contributed by atoms with E-state index >= 15 is 0 Å². The van der Waals surface area contributed by atoms with Crippen molar-refractivity contribution in [2.24, 2.45) is 10.9 Å². The van der Waals surface area contributed by atoms with Crippen molar-refractivity contribution in [2.45, 2.75) is 31.8 Å². The largest absolute Gasteiger partial charge is 0.409 e. The lowest BCUT2D eigenvalue weighted by Gasteiger charge is -2.35. The molecule has 0 unspecified atom stereocenters. The smallest absolute Gasteiger partial charge is 0.170 e. The standard InChI is InChI=1S/C14H21N3O2/c1-14(6-8-19-9-7-14)16-10-11-4-2-3-5-12(11)13(15)17-18/h2-5,16,18H,6-10H2,1H3,(H2,15,17). The average molecular weight is 263 g/mol. The predicted molar refractivity (Wildman–Crippen MR) is 74.3 cm³/mol. The Morgan fingerprint density at radius 3 is 2.79 bits per heavy atom. The number of amidine groups is 1. The summed E-state index contributed by atoms with van der Waals surface area (Å²) in [5, 5.41) is 15.4. The maximum atomic E-state index is 8.81. The van der Waals surface area contributed by atoms with E-state index in [1.54, 1.807) is 0 Å². The van der Waals surface area contributed by atoms with Gasteiger partial charge in [0.15, 0.2) is 5.84 Å². The first-order valence-electron chi connectivity index (χ1n) is 6.53. The molecule has 1 fully saturated rings. The van der Waals surface area contributed by atoms with Crippen LogP contribution in [0.4, 0.5) is 0 Å². The molecule has 2 rings (SSSR count). The maximum Gasteiger partial charge on any atom is 0.170 e. The van der Waals surface area contributed by atoms with Gasteiger partial charge in [0, 0.05) is 30.9 Å². The third-order valence-corrected chi connectivity index (χ3v) is 3.70. The summed E-state index contributed by atoms with van der Waals surface area (Å²) in [5.41, 5.74) is 7.59. The monoisotopic (exact) mass is 263 g/mol. The van der Waals surface area contributed by atoms with Gasteiger partial charge in [-0.1, -0.05) is 29.4 Å². The first-order valence-corrected chi connectivity index (χ1v) is 6.53. The second-order valence-corrected chi connectivity index (χ2v) is 5.17. The number of oxime groups is 1. The molecule has 1 heterocycles. The summed E-state index contributed by atoms with van der Waals surface area (Å²) < 4.78 is 5.38. The minimum Gasteiger partial charge on any atom is -0.409 e. The van der Waals surface area contributed by atoms with Crippen LogP contribution in [0.15, 0.2) is 29.4 Å². The Morgan fingerprint density at radius 1 is 1.42 bits per heavy atom. The van der Waals surface area contributed by atoms with Crippen LogP contribution in [0, 0.1) is 0 Å². The van der Waals surface area contributed by atoms with Crippen molar-refractivity contribution in [3.63, 3.8) is 0 Å². The molecule has 104 valence electrons. The highest BCUT2D eigenvalue weighted by atomic mass is 16.5. The van der Waals surface area contributed by atoms with Gasteiger partial charge in [-0.3, -0.25) is 0 Å².